The van der Waals surface area contributed by atoms with Gasteiger partial charge in [0, 0.05) is 36.2 Å². The Balaban J connectivity index is 1.48. The summed E-state index contributed by atoms with van der Waals surface area (Å²) in [6.45, 7) is 4.66. The molecule has 0 saturated carbocycles. The standard InChI is InChI=1S/C21H22FN5O3S/c1-15-14-20(25-21(23-15)27-10-12-30-13-11-27)24-16-6-8-17(9-7-16)26-31(28,29)19-5-3-2-4-18(19)22/h2-9,14,26H,10-13H2,1H3,(H,23,24,25). The topological polar surface area (TPSA) is 96.5 Å². The fraction of sp³-hybridized carbons (Fsp3) is 0.238. The zero-order valence-electron chi connectivity index (χ0n) is 16.9. The van der Waals surface area contributed by atoms with E-state index in [9.17, 15) is 12.8 Å². The minimum absolute atomic E-state index is 0.321. The maximum absolute atomic E-state index is 13.8. The number of hydrogen-bond acceptors (Lipinski definition) is 7. The average Bonchev–Trinajstić information content (AvgIpc) is 2.75. The summed E-state index contributed by atoms with van der Waals surface area (Å²) in [7, 11) is -4.02. The van der Waals surface area contributed by atoms with E-state index in [1.54, 1.807) is 24.3 Å². The smallest absolute Gasteiger partial charge is 0.264 e. The summed E-state index contributed by atoms with van der Waals surface area (Å²) < 4.78 is 46.5. The summed E-state index contributed by atoms with van der Waals surface area (Å²) in [5.74, 6) is 0.470. The van der Waals surface area contributed by atoms with Gasteiger partial charge in [-0.3, -0.25) is 4.72 Å². The molecule has 2 aromatic carbocycles. The highest BCUT2D eigenvalue weighted by Crippen LogP contribution is 2.23. The molecular weight excluding hydrogens is 421 g/mol. The zero-order chi connectivity index (χ0) is 21.8. The van der Waals surface area contributed by atoms with Crippen LogP contribution < -0.4 is 14.9 Å². The molecule has 0 spiro atoms. The molecule has 2 N–H and O–H groups in total. The SMILES string of the molecule is Cc1cc(Nc2ccc(NS(=O)(=O)c3ccccc3F)cc2)nc(N2CCOCC2)n1. The molecule has 0 amide bonds. The summed E-state index contributed by atoms with van der Waals surface area (Å²) in [4.78, 5) is 10.8. The van der Waals surface area contributed by atoms with Crippen molar-refractivity contribution >= 4 is 33.2 Å². The molecule has 1 aliphatic rings. The van der Waals surface area contributed by atoms with Crippen LogP contribution in [-0.4, -0.2) is 44.7 Å². The molecule has 3 aromatic rings. The molecule has 0 atom stereocenters. The van der Waals surface area contributed by atoms with E-state index >= 15 is 0 Å². The summed E-state index contributed by atoms with van der Waals surface area (Å²) in [5, 5.41) is 3.21. The lowest BCUT2D eigenvalue weighted by molar-refractivity contribution is 0.122. The number of morpholine rings is 1. The monoisotopic (exact) mass is 443 g/mol. The number of hydrogen-bond donors (Lipinski definition) is 2. The first kappa shape index (κ1) is 21.0. The van der Waals surface area contributed by atoms with Crippen LogP contribution in [0.1, 0.15) is 5.69 Å². The Morgan fingerprint density at radius 1 is 1.00 bits per heavy atom. The van der Waals surface area contributed by atoms with E-state index in [-0.39, 0.29) is 0 Å². The van der Waals surface area contributed by atoms with Gasteiger partial charge in [-0.1, -0.05) is 12.1 Å². The lowest BCUT2D eigenvalue weighted by Crippen LogP contribution is -2.37. The lowest BCUT2D eigenvalue weighted by Gasteiger charge is -2.27. The van der Waals surface area contributed by atoms with Crippen LogP contribution in [-0.2, 0) is 14.8 Å². The number of ether oxygens (including phenoxy) is 1. The number of sulfonamides is 1. The maximum atomic E-state index is 13.8. The van der Waals surface area contributed by atoms with Crippen molar-refractivity contribution in [3.05, 3.63) is 66.1 Å². The second-order valence-electron chi connectivity index (χ2n) is 7.03. The molecule has 0 bridgehead atoms. The molecule has 2 heterocycles. The molecule has 1 aromatic heterocycles. The molecule has 0 unspecified atom stereocenters. The Bertz CT molecular complexity index is 1170. The van der Waals surface area contributed by atoms with Crippen LogP contribution in [0.25, 0.3) is 0 Å². The molecular formula is C21H22FN5O3S. The summed E-state index contributed by atoms with van der Waals surface area (Å²) in [5.41, 5.74) is 1.87. The molecule has 0 radical (unpaired) electrons. The van der Waals surface area contributed by atoms with E-state index in [1.807, 2.05) is 13.0 Å². The highest BCUT2D eigenvalue weighted by Gasteiger charge is 2.18. The molecule has 4 rings (SSSR count). The number of anilines is 4. The second kappa shape index (κ2) is 8.86. The van der Waals surface area contributed by atoms with Crippen molar-refractivity contribution < 1.29 is 17.5 Å². The van der Waals surface area contributed by atoms with Gasteiger partial charge in [0.2, 0.25) is 5.95 Å². The van der Waals surface area contributed by atoms with Crippen molar-refractivity contribution in [2.45, 2.75) is 11.8 Å². The van der Waals surface area contributed by atoms with E-state index < -0.39 is 20.7 Å². The minimum Gasteiger partial charge on any atom is -0.378 e. The van der Waals surface area contributed by atoms with Gasteiger partial charge in [0.1, 0.15) is 16.5 Å². The zero-order valence-corrected chi connectivity index (χ0v) is 17.7. The van der Waals surface area contributed by atoms with Crippen LogP contribution in [0, 0.1) is 12.7 Å². The van der Waals surface area contributed by atoms with E-state index in [2.05, 4.69) is 24.9 Å². The molecule has 8 nitrogen and oxygen atoms in total. The van der Waals surface area contributed by atoms with Crippen LogP contribution in [0.15, 0.2) is 59.5 Å². The Morgan fingerprint density at radius 2 is 1.68 bits per heavy atom. The molecule has 1 saturated heterocycles. The number of aromatic nitrogens is 2. The molecule has 162 valence electrons. The van der Waals surface area contributed by atoms with Gasteiger partial charge < -0.3 is 15.0 Å². The fourth-order valence-electron chi connectivity index (χ4n) is 3.16. The maximum Gasteiger partial charge on any atom is 0.264 e. The molecule has 31 heavy (non-hydrogen) atoms. The van der Waals surface area contributed by atoms with Gasteiger partial charge in [-0.15, -0.1) is 0 Å². The third kappa shape index (κ3) is 5.09. The summed E-state index contributed by atoms with van der Waals surface area (Å²) in [6.07, 6.45) is 0. The summed E-state index contributed by atoms with van der Waals surface area (Å²) >= 11 is 0. The van der Waals surface area contributed by atoms with E-state index in [4.69, 9.17) is 4.74 Å². The van der Waals surface area contributed by atoms with Crippen molar-refractivity contribution in [1.29, 1.82) is 0 Å². The van der Waals surface area contributed by atoms with Crippen molar-refractivity contribution in [1.82, 2.24) is 9.97 Å². The van der Waals surface area contributed by atoms with Crippen molar-refractivity contribution in [3.8, 4) is 0 Å². The highest BCUT2D eigenvalue weighted by molar-refractivity contribution is 7.92. The number of halogens is 1. The second-order valence-corrected chi connectivity index (χ2v) is 8.68. The van der Waals surface area contributed by atoms with Gasteiger partial charge in [0.25, 0.3) is 10.0 Å². The Labute approximate surface area is 180 Å². The van der Waals surface area contributed by atoms with Gasteiger partial charge >= 0.3 is 0 Å². The summed E-state index contributed by atoms with van der Waals surface area (Å²) in [6, 6.07) is 13.7. The third-order valence-electron chi connectivity index (χ3n) is 4.67. The molecule has 10 heteroatoms. The lowest BCUT2D eigenvalue weighted by atomic mass is 10.3. The van der Waals surface area contributed by atoms with Crippen LogP contribution in [0.5, 0.6) is 0 Å². The Morgan fingerprint density at radius 3 is 2.39 bits per heavy atom. The van der Waals surface area contributed by atoms with Gasteiger partial charge in [0.05, 0.1) is 13.2 Å². The number of nitrogens with zero attached hydrogens (tertiary/aromatic N) is 3. The van der Waals surface area contributed by atoms with Crippen LogP contribution in [0.3, 0.4) is 0 Å². The average molecular weight is 444 g/mol. The Hall–Kier alpha value is -3.24. The van der Waals surface area contributed by atoms with Gasteiger partial charge in [-0.25, -0.2) is 17.8 Å². The van der Waals surface area contributed by atoms with Crippen molar-refractivity contribution in [2.75, 3.05) is 41.2 Å². The van der Waals surface area contributed by atoms with Crippen molar-refractivity contribution in [2.24, 2.45) is 0 Å². The van der Waals surface area contributed by atoms with Gasteiger partial charge in [-0.05, 0) is 43.3 Å². The molecule has 0 aliphatic carbocycles. The predicted molar refractivity (Wildman–Crippen MR) is 117 cm³/mol. The van der Waals surface area contributed by atoms with Gasteiger partial charge in [0.15, 0.2) is 0 Å². The largest absolute Gasteiger partial charge is 0.378 e. The predicted octanol–water partition coefficient (Wildman–Crippen LogP) is 3.31. The number of rotatable bonds is 6. The molecule has 1 aliphatic heterocycles. The first-order valence-corrected chi connectivity index (χ1v) is 11.2. The van der Waals surface area contributed by atoms with Crippen LogP contribution >= 0.6 is 0 Å². The number of aryl methyl sites for hydroxylation is 1. The van der Waals surface area contributed by atoms with Crippen LogP contribution in [0.4, 0.5) is 27.5 Å². The van der Waals surface area contributed by atoms with E-state index in [0.717, 1.165) is 30.5 Å². The van der Waals surface area contributed by atoms with Gasteiger partial charge in [-0.2, -0.15) is 4.98 Å². The first-order valence-electron chi connectivity index (χ1n) is 9.73. The van der Waals surface area contributed by atoms with E-state index in [1.165, 1.54) is 18.2 Å². The van der Waals surface area contributed by atoms with Crippen LogP contribution in [0.2, 0.25) is 0 Å². The fourth-order valence-corrected chi connectivity index (χ4v) is 4.30. The number of nitrogens with one attached hydrogen (secondary N) is 2. The molecule has 1 fully saturated rings. The Kier molecular flexibility index (Phi) is 6.01. The van der Waals surface area contributed by atoms with Crippen molar-refractivity contribution in [3.63, 3.8) is 0 Å². The first-order chi connectivity index (χ1) is 14.9. The normalized spacial score (nSPS) is 14.3. The highest BCUT2D eigenvalue weighted by atomic mass is 32.2. The minimum atomic E-state index is -4.02. The third-order valence-corrected chi connectivity index (χ3v) is 6.09. The van der Waals surface area contributed by atoms with E-state index in [0.29, 0.717) is 30.7 Å². The number of benzene rings is 2. The quantitative estimate of drug-likeness (QED) is 0.603.